The second-order valence-electron chi connectivity index (χ2n) is 5.74. The molecule has 6 heteroatoms. The molecular formula is C18H17FN4O. The van der Waals surface area contributed by atoms with E-state index in [9.17, 15) is 9.18 Å². The molecule has 122 valence electrons. The summed E-state index contributed by atoms with van der Waals surface area (Å²) in [6, 6.07) is 12.8. The van der Waals surface area contributed by atoms with Crippen molar-refractivity contribution in [3.05, 3.63) is 71.8 Å². The van der Waals surface area contributed by atoms with Gasteiger partial charge >= 0.3 is 0 Å². The number of hydrogen-bond donors (Lipinski definition) is 1. The molecule has 0 aliphatic rings. The van der Waals surface area contributed by atoms with E-state index in [4.69, 9.17) is 0 Å². The molecule has 2 aromatic carbocycles. The van der Waals surface area contributed by atoms with Gasteiger partial charge in [-0.15, -0.1) is 5.10 Å². The number of nitrogens with zero attached hydrogens (tertiary/aromatic N) is 3. The molecule has 0 unspecified atom stereocenters. The van der Waals surface area contributed by atoms with Crippen molar-refractivity contribution in [3.63, 3.8) is 0 Å². The van der Waals surface area contributed by atoms with Crippen molar-refractivity contribution in [3.8, 4) is 5.69 Å². The molecule has 0 bridgehead atoms. The lowest BCUT2D eigenvalue weighted by molar-refractivity contribution is 0.102. The third-order valence-corrected chi connectivity index (χ3v) is 3.62. The fraction of sp³-hybridized carbons (Fsp3) is 0.167. The minimum absolute atomic E-state index is 0.275. The van der Waals surface area contributed by atoms with Gasteiger partial charge in [0, 0.05) is 11.3 Å². The zero-order chi connectivity index (χ0) is 17.1. The van der Waals surface area contributed by atoms with Crippen LogP contribution >= 0.6 is 0 Å². The van der Waals surface area contributed by atoms with Gasteiger partial charge in [0.15, 0.2) is 0 Å². The molecule has 0 radical (unpaired) electrons. The minimum Gasteiger partial charge on any atom is -0.322 e. The normalized spacial score (nSPS) is 10.8. The predicted molar refractivity (Wildman–Crippen MR) is 89.8 cm³/mol. The molecule has 24 heavy (non-hydrogen) atoms. The molecule has 3 rings (SSSR count). The van der Waals surface area contributed by atoms with Gasteiger partial charge in [-0.2, -0.15) is 0 Å². The molecule has 1 amide bonds. The average Bonchev–Trinajstić information content (AvgIpc) is 3.05. The van der Waals surface area contributed by atoms with E-state index >= 15 is 0 Å². The summed E-state index contributed by atoms with van der Waals surface area (Å²) in [4.78, 5) is 12.2. The predicted octanol–water partition coefficient (Wildman–Crippen LogP) is 3.78. The second-order valence-corrected chi connectivity index (χ2v) is 5.74. The number of benzene rings is 2. The number of nitrogens with one attached hydrogen (secondary N) is 1. The lowest BCUT2D eigenvalue weighted by Crippen LogP contribution is -2.12. The van der Waals surface area contributed by atoms with Gasteiger partial charge in [0.25, 0.3) is 5.91 Å². The van der Waals surface area contributed by atoms with Crippen LogP contribution in [0.4, 0.5) is 10.1 Å². The molecule has 1 aromatic heterocycles. The Morgan fingerprint density at radius 3 is 2.62 bits per heavy atom. The van der Waals surface area contributed by atoms with Crippen LogP contribution in [0.2, 0.25) is 0 Å². The fourth-order valence-corrected chi connectivity index (χ4v) is 2.36. The Morgan fingerprint density at radius 1 is 1.17 bits per heavy atom. The monoisotopic (exact) mass is 324 g/mol. The Labute approximate surface area is 139 Å². The first-order valence-electron chi connectivity index (χ1n) is 7.62. The SMILES string of the molecule is CC(C)c1cnnn1-c1cccc(NC(=O)c2ccc(F)cc2)c1. The maximum Gasteiger partial charge on any atom is 0.255 e. The largest absolute Gasteiger partial charge is 0.322 e. The average molecular weight is 324 g/mol. The number of aromatic nitrogens is 3. The molecule has 0 atom stereocenters. The number of carbonyl (C=O) groups is 1. The maximum atomic E-state index is 12.9. The van der Waals surface area contributed by atoms with Gasteiger partial charge in [-0.3, -0.25) is 4.79 Å². The highest BCUT2D eigenvalue weighted by Gasteiger charge is 2.11. The molecule has 1 heterocycles. The second kappa shape index (κ2) is 6.62. The zero-order valence-corrected chi connectivity index (χ0v) is 13.4. The quantitative estimate of drug-likeness (QED) is 0.794. The first-order valence-corrected chi connectivity index (χ1v) is 7.62. The van der Waals surface area contributed by atoms with E-state index in [0.29, 0.717) is 11.3 Å². The maximum absolute atomic E-state index is 12.9. The lowest BCUT2D eigenvalue weighted by Gasteiger charge is -2.11. The fourth-order valence-electron chi connectivity index (χ4n) is 2.36. The van der Waals surface area contributed by atoms with E-state index in [1.165, 1.54) is 24.3 Å². The third-order valence-electron chi connectivity index (χ3n) is 3.62. The summed E-state index contributed by atoms with van der Waals surface area (Å²) in [5.74, 6) is -0.395. The smallest absolute Gasteiger partial charge is 0.255 e. The van der Waals surface area contributed by atoms with Crippen LogP contribution in [-0.2, 0) is 0 Å². The van der Waals surface area contributed by atoms with Crippen molar-refractivity contribution in [1.82, 2.24) is 15.0 Å². The number of halogens is 1. The number of hydrogen-bond acceptors (Lipinski definition) is 3. The van der Waals surface area contributed by atoms with Gasteiger partial charge in [0.2, 0.25) is 0 Å². The van der Waals surface area contributed by atoms with Gasteiger partial charge in [-0.05, 0) is 48.4 Å². The Hall–Kier alpha value is -3.02. The summed E-state index contributed by atoms with van der Waals surface area (Å²) in [6.07, 6.45) is 1.73. The first kappa shape index (κ1) is 15.9. The molecule has 3 aromatic rings. The number of anilines is 1. The summed E-state index contributed by atoms with van der Waals surface area (Å²) < 4.78 is 14.7. The molecule has 5 nitrogen and oxygen atoms in total. The standard InChI is InChI=1S/C18H17FN4O/c1-12(2)17-11-20-22-23(17)16-5-3-4-15(10-16)21-18(24)13-6-8-14(19)9-7-13/h3-12H,1-2H3,(H,21,24). The Balaban J connectivity index is 1.84. The summed E-state index contributed by atoms with van der Waals surface area (Å²) in [7, 11) is 0. The molecule has 0 saturated heterocycles. The first-order chi connectivity index (χ1) is 11.5. The molecule has 0 saturated carbocycles. The van der Waals surface area contributed by atoms with Crippen molar-refractivity contribution >= 4 is 11.6 Å². The molecule has 0 fully saturated rings. The zero-order valence-electron chi connectivity index (χ0n) is 13.4. The van der Waals surface area contributed by atoms with Gasteiger partial charge in [-0.1, -0.05) is 25.1 Å². The topological polar surface area (TPSA) is 59.8 Å². The minimum atomic E-state index is -0.374. The van der Waals surface area contributed by atoms with Crippen LogP contribution in [0, 0.1) is 5.82 Å². The van der Waals surface area contributed by atoms with E-state index in [2.05, 4.69) is 29.5 Å². The highest BCUT2D eigenvalue weighted by Crippen LogP contribution is 2.20. The summed E-state index contributed by atoms with van der Waals surface area (Å²) in [6.45, 7) is 4.13. The van der Waals surface area contributed by atoms with Crippen LogP contribution in [0.25, 0.3) is 5.69 Å². The van der Waals surface area contributed by atoms with Gasteiger partial charge < -0.3 is 5.32 Å². The molecule has 1 N–H and O–H groups in total. The van der Waals surface area contributed by atoms with Crippen LogP contribution in [0.3, 0.4) is 0 Å². The summed E-state index contributed by atoms with van der Waals surface area (Å²) >= 11 is 0. The molecular weight excluding hydrogens is 307 g/mol. The Bertz CT molecular complexity index is 855. The third kappa shape index (κ3) is 3.32. The molecule has 0 aliphatic carbocycles. The van der Waals surface area contributed by atoms with Crippen LogP contribution < -0.4 is 5.32 Å². The summed E-state index contributed by atoms with van der Waals surface area (Å²) in [5, 5.41) is 10.9. The van der Waals surface area contributed by atoms with Gasteiger partial charge in [-0.25, -0.2) is 9.07 Å². The van der Waals surface area contributed by atoms with Crippen molar-refractivity contribution in [2.75, 3.05) is 5.32 Å². The molecule has 0 aliphatic heterocycles. The Morgan fingerprint density at radius 2 is 1.92 bits per heavy atom. The number of rotatable bonds is 4. The van der Waals surface area contributed by atoms with Crippen LogP contribution in [-0.4, -0.2) is 20.9 Å². The van der Waals surface area contributed by atoms with Crippen molar-refractivity contribution in [2.24, 2.45) is 0 Å². The Kier molecular flexibility index (Phi) is 4.37. The summed E-state index contributed by atoms with van der Waals surface area (Å²) in [5.41, 5.74) is 2.82. The number of amides is 1. The highest BCUT2D eigenvalue weighted by atomic mass is 19.1. The van der Waals surface area contributed by atoms with E-state index in [1.54, 1.807) is 16.9 Å². The van der Waals surface area contributed by atoms with Crippen LogP contribution in [0.15, 0.2) is 54.7 Å². The van der Waals surface area contributed by atoms with Crippen LogP contribution in [0.5, 0.6) is 0 Å². The van der Waals surface area contributed by atoms with Crippen molar-refractivity contribution in [2.45, 2.75) is 19.8 Å². The lowest BCUT2D eigenvalue weighted by atomic mass is 10.1. The van der Waals surface area contributed by atoms with E-state index in [-0.39, 0.29) is 17.6 Å². The van der Waals surface area contributed by atoms with Crippen molar-refractivity contribution in [1.29, 1.82) is 0 Å². The van der Waals surface area contributed by atoms with Crippen molar-refractivity contribution < 1.29 is 9.18 Å². The van der Waals surface area contributed by atoms with Gasteiger partial charge in [0.1, 0.15) is 5.82 Å². The molecule has 0 spiro atoms. The van der Waals surface area contributed by atoms with E-state index in [1.807, 2.05) is 18.2 Å². The number of carbonyl (C=O) groups excluding carboxylic acids is 1. The highest BCUT2D eigenvalue weighted by molar-refractivity contribution is 6.04. The van der Waals surface area contributed by atoms with E-state index in [0.717, 1.165) is 11.4 Å². The van der Waals surface area contributed by atoms with Gasteiger partial charge in [0.05, 0.1) is 17.6 Å². The van der Waals surface area contributed by atoms with E-state index < -0.39 is 0 Å². The van der Waals surface area contributed by atoms with Crippen LogP contribution in [0.1, 0.15) is 35.8 Å².